The van der Waals surface area contributed by atoms with E-state index >= 15 is 0 Å². The average Bonchev–Trinajstić information content (AvgIpc) is 2.94. The zero-order valence-electron chi connectivity index (χ0n) is 10.4. The fourth-order valence-electron chi connectivity index (χ4n) is 3.01. The summed E-state index contributed by atoms with van der Waals surface area (Å²) in [6.07, 6.45) is -3.81. The van der Waals surface area contributed by atoms with Crippen molar-refractivity contribution in [2.24, 2.45) is 5.73 Å². The first-order valence-corrected chi connectivity index (χ1v) is 6.47. The minimum absolute atomic E-state index is 0.00475. The molecular formula is C10H21N5O4. The first kappa shape index (κ1) is 13.6. The molecule has 0 aromatic carbocycles. The second kappa shape index (κ2) is 5.20. The van der Waals surface area contributed by atoms with Gasteiger partial charge in [0.2, 0.25) is 0 Å². The topological polar surface area (TPSA) is 135 Å². The van der Waals surface area contributed by atoms with Gasteiger partial charge >= 0.3 is 0 Å². The van der Waals surface area contributed by atoms with E-state index in [2.05, 4.69) is 16.0 Å². The first-order chi connectivity index (χ1) is 9.13. The van der Waals surface area contributed by atoms with Crippen molar-refractivity contribution in [2.45, 2.75) is 42.9 Å². The number of nitrogens with two attached hydrogens (primary N) is 1. The van der Waals surface area contributed by atoms with Crippen molar-refractivity contribution in [1.29, 1.82) is 0 Å². The maximum absolute atomic E-state index is 10.0. The summed E-state index contributed by atoms with van der Waals surface area (Å²) >= 11 is 0. The standard InChI is InChI=1S/C10H21N5O4/c11-8-5-9(13-2-12-8)15(3-14-5)10-7(18)6(17)4(1-16)19-10/h4-10,12-14,16-18H,1-3,11H2. The van der Waals surface area contributed by atoms with Crippen LogP contribution in [0.1, 0.15) is 0 Å². The van der Waals surface area contributed by atoms with Crippen molar-refractivity contribution in [1.82, 2.24) is 20.9 Å². The third kappa shape index (κ3) is 2.17. The number of fused-ring (bicyclic) bond motifs is 1. The van der Waals surface area contributed by atoms with Crippen molar-refractivity contribution < 1.29 is 20.1 Å². The highest BCUT2D eigenvalue weighted by molar-refractivity contribution is 5.01. The van der Waals surface area contributed by atoms with E-state index in [1.165, 1.54) is 0 Å². The smallest absolute Gasteiger partial charge is 0.142 e. The predicted molar refractivity (Wildman–Crippen MR) is 64.3 cm³/mol. The van der Waals surface area contributed by atoms with E-state index in [1.54, 1.807) is 0 Å². The Hall–Kier alpha value is -0.360. The van der Waals surface area contributed by atoms with E-state index in [0.717, 1.165) is 0 Å². The van der Waals surface area contributed by atoms with Gasteiger partial charge in [0.25, 0.3) is 0 Å². The number of aliphatic hydroxyl groups is 3. The van der Waals surface area contributed by atoms with Crippen molar-refractivity contribution in [3.63, 3.8) is 0 Å². The highest BCUT2D eigenvalue weighted by Crippen LogP contribution is 2.27. The lowest BCUT2D eigenvalue weighted by molar-refractivity contribution is -0.110. The molecule has 3 aliphatic rings. The molecule has 0 amide bonds. The molecule has 3 fully saturated rings. The van der Waals surface area contributed by atoms with E-state index < -0.39 is 24.5 Å². The minimum Gasteiger partial charge on any atom is -0.394 e. The Bertz CT molecular complexity index is 335. The SMILES string of the molecule is NC1NCNC2C1NCN2C1OC(CO)C(O)C1O. The van der Waals surface area contributed by atoms with Crippen molar-refractivity contribution >= 4 is 0 Å². The van der Waals surface area contributed by atoms with E-state index in [4.69, 9.17) is 15.6 Å². The fraction of sp³-hybridized carbons (Fsp3) is 1.00. The van der Waals surface area contributed by atoms with Gasteiger partial charge in [-0.05, 0) is 0 Å². The molecule has 0 aliphatic carbocycles. The van der Waals surface area contributed by atoms with Gasteiger partial charge in [-0.3, -0.25) is 16.0 Å². The number of nitrogens with zero attached hydrogens (tertiary/aromatic N) is 1. The molecule has 0 aromatic rings. The van der Waals surface area contributed by atoms with Crippen LogP contribution < -0.4 is 21.7 Å². The van der Waals surface area contributed by atoms with Crippen LogP contribution in [0.25, 0.3) is 0 Å². The molecule has 110 valence electrons. The quantitative estimate of drug-likeness (QED) is 0.266. The van der Waals surface area contributed by atoms with Crippen LogP contribution >= 0.6 is 0 Å². The van der Waals surface area contributed by atoms with Crippen molar-refractivity contribution in [2.75, 3.05) is 19.9 Å². The maximum atomic E-state index is 10.0. The highest BCUT2D eigenvalue weighted by atomic mass is 16.6. The van der Waals surface area contributed by atoms with Crippen LogP contribution in [0, 0.1) is 0 Å². The molecule has 19 heavy (non-hydrogen) atoms. The number of rotatable bonds is 2. The zero-order chi connectivity index (χ0) is 13.6. The second-order valence-corrected chi connectivity index (χ2v) is 5.19. The maximum Gasteiger partial charge on any atom is 0.142 e. The molecule has 3 aliphatic heterocycles. The van der Waals surface area contributed by atoms with E-state index in [0.29, 0.717) is 13.3 Å². The summed E-state index contributed by atoms with van der Waals surface area (Å²) in [7, 11) is 0. The van der Waals surface area contributed by atoms with Crippen molar-refractivity contribution in [3.8, 4) is 0 Å². The number of hydrogen-bond acceptors (Lipinski definition) is 9. The first-order valence-electron chi connectivity index (χ1n) is 6.47. The van der Waals surface area contributed by atoms with E-state index in [1.807, 2.05) is 4.90 Å². The predicted octanol–water partition coefficient (Wildman–Crippen LogP) is -4.58. The summed E-state index contributed by atoms with van der Waals surface area (Å²) in [6, 6.07) is -0.00475. The van der Waals surface area contributed by atoms with Gasteiger partial charge < -0.3 is 25.8 Å². The Labute approximate surface area is 110 Å². The lowest BCUT2D eigenvalue weighted by Gasteiger charge is -2.38. The Kier molecular flexibility index (Phi) is 3.73. The molecule has 7 unspecified atom stereocenters. The van der Waals surface area contributed by atoms with Gasteiger partial charge in [-0.15, -0.1) is 0 Å². The molecular weight excluding hydrogens is 254 g/mol. The average molecular weight is 275 g/mol. The van der Waals surface area contributed by atoms with Crippen LogP contribution in [0.15, 0.2) is 0 Å². The Balaban J connectivity index is 1.73. The summed E-state index contributed by atoms with van der Waals surface area (Å²) in [5.74, 6) is 0. The van der Waals surface area contributed by atoms with Crippen LogP contribution in [0.4, 0.5) is 0 Å². The zero-order valence-corrected chi connectivity index (χ0v) is 10.4. The van der Waals surface area contributed by atoms with Crippen LogP contribution in [0.3, 0.4) is 0 Å². The van der Waals surface area contributed by atoms with Gasteiger partial charge in [0.05, 0.1) is 31.6 Å². The molecule has 0 radical (unpaired) electrons. The summed E-state index contributed by atoms with van der Waals surface area (Å²) < 4.78 is 5.54. The molecule has 9 heteroatoms. The summed E-state index contributed by atoms with van der Waals surface area (Å²) in [6.45, 7) is 0.734. The molecule has 9 nitrogen and oxygen atoms in total. The molecule has 0 spiro atoms. The van der Waals surface area contributed by atoms with Gasteiger partial charge in [0.15, 0.2) is 0 Å². The van der Waals surface area contributed by atoms with Gasteiger partial charge in [-0.25, -0.2) is 4.90 Å². The van der Waals surface area contributed by atoms with Crippen LogP contribution in [-0.4, -0.2) is 83.1 Å². The van der Waals surface area contributed by atoms with Crippen LogP contribution in [0.5, 0.6) is 0 Å². The Morgan fingerprint density at radius 2 is 2.00 bits per heavy atom. The minimum atomic E-state index is -1.08. The highest BCUT2D eigenvalue weighted by Gasteiger charge is 2.51. The molecule has 0 saturated carbocycles. The molecule has 3 heterocycles. The number of hydrogen-bond donors (Lipinski definition) is 7. The van der Waals surface area contributed by atoms with E-state index in [9.17, 15) is 10.2 Å². The second-order valence-electron chi connectivity index (χ2n) is 5.19. The monoisotopic (exact) mass is 275 g/mol. The normalized spacial score (nSPS) is 51.5. The Morgan fingerprint density at radius 3 is 2.68 bits per heavy atom. The molecule has 7 atom stereocenters. The van der Waals surface area contributed by atoms with E-state index in [-0.39, 0.29) is 25.0 Å². The van der Waals surface area contributed by atoms with Crippen LogP contribution in [-0.2, 0) is 4.74 Å². The molecule has 0 bridgehead atoms. The van der Waals surface area contributed by atoms with Gasteiger partial charge in [0.1, 0.15) is 24.5 Å². The Morgan fingerprint density at radius 1 is 1.21 bits per heavy atom. The fourth-order valence-corrected chi connectivity index (χ4v) is 3.01. The van der Waals surface area contributed by atoms with Gasteiger partial charge in [-0.2, -0.15) is 0 Å². The third-order valence-electron chi connectivity index (χ3n) is 4.09. The van der Waals surface area contributed by atoms with Gasteiger partial charge in [-0.1, -0.05) is 0 Å². The number of aliphatic hydroxyl groups excluding tert-OH is 3. The van der Waals surface area contributed by atoms with Crippen molar-refractivity contribution in [3.05, 3.63) is 0 Å². The summed E-state index contributed by atoms with van der Waals surface area (Å²) in [5.41, 5.74) is 5.96. The lowest BCUT2D eigenvalue weighted by Crippen LogP contribution is -2.68. The summed E-state index contributed by atoms with van der Waals surface area (Å²) in [5, 5.41) is 38.5. The number of ether oxygens (including phenoxy) is 1. The number of nitrogens with one attached hydrogen (secondary N) is 3. The molecule has 3 rings (SSSR count). The van der Waals surface area contributed by atoms with Crippen LogP contribution in [0.2, 0.25) is 0 Å². The molecule has 0 aromatic heterocycles. The largest absolute Gasteiger partial charge is 0.394 e. The molecule has 8 N–H and O–H groups in total. The third-order valence-corrected chi connectivity index (χ3v) is 4.09. The summed E-state index contributed by atoms with van der Waals surface area (Å²) in [4.78, 5) is 1.88. The lowest BCUT2D eigenvalue weighted by atomic mass is 10.1. The molecule has 3 saturated heterocycles. The van der Waals surface area contributed by atoms with Gasteiger partial charge in [0, 0.05) is 6.67 Å².